The van der Waals surface area contributed by atoms with Gasteiger partial charge in [0, 0.05) is 5.41 Å². The zero-order valence-corrected chi connectivity index (χ0v) is 37.9. The number of carbonyl (C=O) groups is 4. The Morgan fingerprint density at radius 1 is 0.603 bits per heavy atom. The van der Waals surface area contributed by atoms with E-state index in [4.69, 9.17) is 9.47 Å². The second kappa shape index (κ2) is 16.3. The monoisotopic (exact) mass is 844 g/mol. The maximum absolute atomic E-state index is 12.5. The fourth-order valence-electron chi connectivity index (χ4n) is 15.0. The van der Waals surface area contributed by atoms with Crippen LogP contribution in [0.25, 0.3) is 0 Å². The Hall–Kier alpha value is -4.84. The van der Waals surface area contributed by atoms with Gasteiger partial charge in [0.15, 0.2) is 0 Å². The molecule has 63 heavy (non-hydrogen) atoms. The van der Waals surface area contributed by atoms with Crippen LogP contribution in [0.2, 0.25) is 0 Å². The first-order valence-corrected chi connectivity index (χ1v) is 24.3. The molecule has 0 N–H and O–H groups in total. The summed E-state index contributed by atoms with van der Waals surface area (Å²) in [5.74, 6) is 4.74. The molecule has 10 unspecified atom stereocenters. The van der Waals surface area contributed by atoms with Crippen LogP contribution in [0.4, 0.5) is 0 Å². The molecule has 6 aliphatic rings. The lowest BCUT2D eigenvalue weighted by Crippen LogP contribution is -2.53. The molecular formula is C57H64O6. The van der Waals surface area contributed by atoms with E-state index in [1.807, 2.05) is 18.2 Å². The Kier molecular flexibility index (Phi) is 10.9. The molecule has 10 rings (SSSR count). The van der Waals surface area contributed by atoms with Crippen molar-refractivity contribution in [1.29, 1.82) is 0 Å². The van der Waals surface area contributed by atoms with Crippen molar-refractivity contribution in [3.05, 3.63) is 141 Å². The van der Waals surface area contributed by atoms with E-state index in [9.17, 15) is 19.2 Å². The van der Waals surface area contributed by atoms with E-state index in [0.717, 1.165) is 71.0 Å². The van der Waals surface area contributed by atoms with E-state index in [-0.39, 0.29) is 5.41 Å². The van der Waals surface area contributed by atoms with Gasteiger partial charge in [-0.15, -0.1) is 0 Å². The van der Waals surface area contributed by atoms with E-state index < -0.39 is 23.9 Å². The molecule has 4 aromatic rings. The summed E-state index contributed by atoms with van der Waals surface area (Å²) in [5, 5.41) is 0. The summed E-state index contributed by atoms with van der Waals surface area (Å²) in [7, 11) is 0. The van der Waals surface area contributed by atoms with E-state index in [1.165, 1.54) is 74.5 Å². The van der Waals surface area contributed by atoms with Crippen molar-refractivity contribution in [2.75, 3.05) is 0 Å². The summed E-state index contributed by atoms with van der Waals surface area (Å²) >= 11 is 0. The fraction of sp³-hybridized carbons (Fsp3) is 0.509. The minimum Gasteiger partial charge on any atom is -0.386 e. The van der Waals surface area contributed by atoms with Crippen LogP contribution in [0, 0.1) is 58.7 Å². The fourth-order valence-corrected chi connectivity index (χ4v) is 15.0. The lowest BCUT2D eigenvalue weighted by molar-refractivity contribution is -0.0912. The predicted molar refractivity (Wildman–Crippen MR) is 245 cm³/mol. The third-order valence-corrected chi connectivity index (χ3v) is 17.8. The van der Waals surface area contributed by atoms with Crippen molar-refractivity contribution in [2.45, 2.75) is 124 Å². The van der Waals surface area contributed by atoms with Gasteiger partial charge in [-0.05, 0) is 181 Å². The van der Waals surface area contributed by atoms with Crippen molar-refractivity contribution in [3.8, 4) is 0 Å². The second-order valence-electron chi connectivity index (χ2n) is 21.7. The first kappa shape index (κ1) is 42.1. The molecule has 0 amide bonds. The van der Waals surface area contributed by atoms with E-state index in [2.05, 4.69) is 83.1 Å². The minimum absolute atomic E-state index is 0.166. The summed E-state index contributed by atoms with van der Waals surface area (Å²) in [6, 6.07) is 29.4. The van der Waals surface area contributed by atoms with E-state index in [0.29, 0.717) is 52.3 Å². The summed E-state index contributed by atoms with van der Waals surface area (Å²) in [6.45, 7) is 12.6. The Morgan fingerprint density at radius 3 is 1.89 bits per heavy atom. The number of hydrogen-bond donors (Lipinski definition) is 0. The highest BCUT2D eigenvalue weighted by molar-refractivity contribution is 6.15. The second-order valence-corrected chi connectivity index (χ2v) is 21.7. The first-order valence-electron chi connectivity index (χ1n) is 24.3. The van der Waals surface area contributed by atoms with Gasteiger partial charge in [-0.1, -0.05) is 115 Å². The molecule has 4 fully saturated rings. The van der Waals surface area contributed by atoms with Crippen molar-refractivity contribution in [3.63, 3.8) is 0 Å². The van der Waals surface area contributed by atoms with Crippen LogP contribution in [0.5, 0.6) is 0 Å². The molecule has 2 aliphatic heterocycles. The maximum Gasteiger partial charge on any atom is 0.346 e. The third-order valence-electron chi connectivity index (χ3n) is 17.8. The molecule has 6 heteroatoms. The van der Waals surface area contributed by atoms with Gasteiger partial charge in [0.25, 0.3) is 0 Å². The lowest BCUT2D eigenvalue weighted by Gasteiger charge is -2.60. The normalized spacial score (nSPS) is 31.2. The zero-order valence-electron chi connectivity index (χ0n) is 37.9. The van der Waals surface area contributed by atoms with Crippen LogP contribution in [0.15, 0.2) is 84.9 Å². The maximum atomic E-state index is 12.5. The Labute approximate surface area is 373 Å². The van der Waals surface area contributed by atoms with Crippen LogP contribution in [-0.4, -0.2) is 23.9 Å². The van der Waals surface area contributed by atoms with E-state index >= 15 is 0 Å². The molecule has 328 valence electrons. The van der Waals surface area contributed by atoms with E-state index in [1.54, 1.807) is 18.2 Å². The first-order chi connectivity index (χ1) is 30.3. The van der Waals surface area contributed by atoms with Gasteiger partial charge in [-0.3, -0.25) is 0 Å². The number of cyclic esters (lactones) is 4. The highest BCUT2D eigenvalue weighted by Gasteiger charge is 2.60. The van der Waals surface area contributed by atoms with Crippen LogP contribution >= 0.6 is 0 Å². The summed E-state index contributed by atoms with van der Waals surface area (Å²) < 4.78 is 9.76. The van der Waals surface area contributed by atoms with Gasteiger partial charge >= 0.3 is 23.9 Å². The molecule has 10 atom stereocenters. The molecule has 0 bridgehead atoms. The average molecular weight is 845 g/mol. The quantitative estimate of drug-likeness (QED) is 0.110. The van der Waals surface area contributed by atoms with Crippen molar-refractivity contribution in [2.24, 2.45) is 58.7 Å². The molecule has 0 spiro atoms. The van der Waals surface area contributed by atoms with Crippen LogP contribution < -0.4 is 0 Å². The van der Waals surface area contributed by atoms with Crippen LogP contribution in [0.1, 0.15) is 180 Å². The molecule has 4 saturated carbocycles. The molecule has 6 nitrogen and oxygen atoms in total. The Balaban J connectivity index is 0.939. The summed E-state index contributed by atoms with van der Waals surface area (Å²) in [6.07, 6.45) is 16.0. The van der Waals surface area contributed by atoms with Crippen molar-refractivity contribution in [1.82, 2.24) is 0 Å². The largest absolute Gasteiger partial charge is 0.386 e. The number of hydrogen-bond acceptors (Lipinski definition) is 6. The Morgan fingerprint density at radius 2 is 1.22 bits per heavy atom. The average Bonchev–Trinajstić information content (AvgIpc) is 3.87. The van der Waals surface area contributed by atoms with Crippen molar-refractivity contribution < 1.29 is 28.7 Å². The molecular weight excluding hydrogens is 781 g/mol. The summed E-state index contributed by atoms with van der Waals surface area (Å²) in [4.78, 5) is 49.1. The highest BCUT2D eigenvalue weighted by atomic mass is 16.6. The van der Waals surface area contributed by atoms with Gasteiger partial charge in [0.05, 0.1) is 22.3 Å². The SMILES string of the molecule is CC(C)CCCC(C)C1CCC2C3CCC4CC(c5ccc(Cc6ccc7c(c6)C(=O)OC7=O)cc5)(c5cccc(Cc6ccc7c(c6)C(=O)OC7=O)c5)CC(C)C4C3CCC12C. The standard InChI is InChI=1S/C57H64O6/c1-33(2)8-6-9-34(3)49-22-23-50-43-21-16-40-32-57(31-35(4)51(40)44(43)24-25-56(49,50)5,41-17-12-36(13-18-41)26-38-14-19-45-47(29-38)54(60)62-52(45)58)42-11-7-10-37(28-42)27-39-15-20-46-48(30-39)55(61)63-53(46)59/h7,10-15,17-20,28-30,33-35,40,43-44,49-51H,6,8-9,16,21-27,31-32H2,1-5H3. The number of carbonyl (C=O) groups excluding carboxylic acids is 4. The molecule has 2 heterocycles. The van der Waals surface area contributed by atoms with Crippen LogP contribution in [0.3, 0.4) is 0 Å². The van der Waals surface area contributed by atoms with Gasteiger partial charge < -0.3 is 9.47 Å². The molecule has 4 aliphatic carbocycles. The van der Waals surface area contributed by atoms with Crippen molar-refractivity contribution >= 4 is 23.9 Å². The molecule has 0 saturated heterocycles. The smallest absolute Gasteiger partial charge is 0.346 e. The minimum atomic E-state index is -0.571. The number of fused-ring (bicyclic) bond motifs is 7. The summed E-state index contributed by atoms with van der Waals surface area (Å²) in [5.41, 5.74) is 8.74. The number of esters is 4. The predicted octanol–water partition coefficient (Wildman–Crippen LogP) is 12.8. The Bertz CT molecular complexity index is 2460. The molecule has 0 radical (unpaired) electrons. The van der Waals surface area contributed by atoms with Gasteiger partial charge in [-0.2, -0.15) is 0 Å². The topological polar surface area (TPSA) is 86.7 Å². The number of benzene rings is 4. The lowest BCUT2D eigenvalue weighted by atomic mass is 9.45. The van der Waals surface area contributed by atoms with Crippen LogP contribution in [-0.2, 0) is 27.7 Å². The third kappa shape index (κ3) is 7.41. The number of ether oxygens (including phenoxy) is 2. The zero-order chi connectivity index (χ0) is 43.8. The highest BCUT2D eigenvalue weighted by Crippen LogP contribution is 2.67. The van der Waals surface area contributed by atoms with Gasteiger partial charge in [0.2, 0.25) is 0 Å². The molecule has 4 aromatic carbocycles. The van der Waals surface area contributed by atoms with Gasteiger partial charge in [0.1, 0.15) is 0 Å². The van der Waals surface area contributed by atoms with Gasteiger partial charge in [-0.25, -0.2) is 19.2 Å². The molecule has 0 aromatic heterocycles. The number of rotatable bonds is 11.